The molecule has 0 heterocycles. The Morgan fingerprint density at radius 1 is 1.00 bits per heavy atom. The highest BCUT2D eigenvalue weighted by Gasteiger charge is 2.15. The summed E-state index contributed by atoms with van der Waals surface area (Å²) in [7, 11) is 0. The van der Waals surface area contributed by atoms with Crippen LogP contribution in [-0.4, -0.2) is 23.7 Å². The van der Waals surface area contributed by atoms with Crippen molar-refractivity contribution >= 4 is 23.3 Å². The van der Waals surface area contributed by atoms with Gasteiger partial charge in [-0.3, -0.25) is 14.4 Å². The number of benzene rings is 2. The van der Waals surface area contributed by atoms with Crippen LogP contribution in [0.3, 0.4) is 0 Å². The third kappa shape index (κ3) is 4.91. The first-order valence-electron chi connectivity index (χ1n) is 7.91. The molecule has 2 rings (SSSR count). The summed E-state index contributed by atoms with van der Waals surface area (Å²) in [6, 6.07) is 12.9. The van der Waals surface area contributed by atoms with Crippen LogP contribution in [-0.2, 0) is 4.79 Å². The number of ketones is 1. The SMILES string of the molecule is CCC(=O)c1ccc(O[C@H](C)C(=O)Nc2ccc(C(N)=O)cc2)cc1. The Kier molecular flexibility index (Phi) is 5.89. The standard InChI is InChI=1S/C19H20N2O4/c1-3-17(22)13-6-10-16(11-7-13)25-12(2)19(24)21-15-8-4-14(5-9-15)18(20)23/h4-12H,3H2,1-2H3,(H2,20,23)(H,21,24)/t12-/m1/s1. The molecule has 0 aliphatic carbocycles. The van der Waals surface area contributed by atoms with Gasteiger partial charge in [0.2, 0.25) is 5.91 Å². The number of amides is 2. The van der Waals surface area contributed by atoms with E-state index in [1.807, 2.05) is 0 Å². The lowest BCUT2D eigenvalue weighted by Gasteiger charge is -2.15. The maximum absolute atomic E-state index is 12.2. The van der Waals surface area contributed by atoms with Crippen LogP contribution < -0.4 is 15.8 Å². The first-order chi connectivity index (χ1) is 11.9. The van der Waals surface area contributed by atoms with Crippen LogP contribution in [0.2, 0.25) is 0 Å². The summed E-state index contributed by atoms with van der Waals surface area (Å²) in [5.74, 6) is -0.309. The predicted molar refractivity (Wildman–Crippen MR) is 94.7 cm³/mol. The van der Waals surface area contributed by atoms with Crippen molar-refractivity contribution in [2.24, 2.45) is 5.73 Å². The second kappa shape index (κ2) is 8.10. The minimum absolute atomic E-state index is 0.0525. The fourth-order valence-electron chi connectivity index (χ4n) is 2.14. The molecular weight excluding hydrogens is 320 g/mol. The number of carbonyl (C=O) groups excluding carboxylic acids is 3. The molecule has 130 valence electrons. The van der Waals surface area contributed by atoms with Gasteiger partial charge in [-0.25, -0.2) is 0 Å². The highest BCUT2D eigenvalue weighted by Crippen LogP contribution is 2.16. The van der Waals surface area contributed by atoms with Crippen molar-refractivity contribution in [2.75, 3.05) is 5.32 Å². The van der Waals surface area contributed by atoms with Gasteiger partial charge in [0.1, 0.15) is 5.75 Å². The van der Waals surface area contributed by atoms with E-state index in [0.29, 0.717) is 29.0 Å². The van der Waals surface area contributed by atoms with Gasteiger partial charge in [0, 0.05) is 23.2 Å². The number of primary amides is 1. The van der Waals surface area contributed by atoms with Crippen LogP contribution >= 0.6 is 0 Å². The number of hydrogen-bond donors (Lipinski definition) is 2. The summed E-state index contributed by atoms with van der Waals surface area (Å²) in [6.45, 7) is 3.42. The number of anilines is 1. The minimum atomic E-state index is -0.733. The zero-order chi connectivity index (χ0) is 18.4. The van der Waals surface area contributed by atoms with E-state index in [0.717, 1.165) is 0 Å². The van der Waals surface area contributed by atoms with Crippen molar-refractivity contribution in [2.45, 2.75) is 26.4 Å². The topological polar surface area (TPSA) is 98.5 Å². The van der Waals surface area contributed by atoms with E-state index >= 15 is 0 Å². The molecular formula is C19H20N2O4. The van der Waals surface area contributed by atoms with Crippen molar-refractivity contribution in [1.29, 1.82) is 0 Å². The zero-order valence-corrected chi connectivity index (χ0v) is 14.1. The molecule has 0 aliphatic rings. The molecule has 3 N–H and O–H groups in total. The molecule has 1 atom stereocenters. The second-order valence-electron chi connectivity index (χ2n) is 5.49. The van der Waals surface area contributed by atoms with Crippen molar-refractivity contribution in [3.8, 4) is 5.75 Å². The fourth-order valence-corrected chi connectivity index (χ4v) is 2.14. The van der Waals surface area contributed by atoms with Crippen LogP contribution in [0.25, 0.3) is 0 Å². The highest BCUT2D eigenvalue weighted by atomic mass is 16.5. The summed E-state index contributed by atoms with van der Waals surface area (Å²) in [4.78, 5) is 34.8. The van der Waals surface area contributed by atoms with E-state index in [9.17, 15) is 14.4 Å². The monoisotopic (exact) mass is 340 g/mol. The molecule has 0 bridgehead atoms. The van der Waals surface area contributed by atoms with E-state index in [2.05, 4.69) is 5.32 Å². The normalized spacial score (nSPS) is 11.4. The minimum Gasteiger partial charge on any atom is -0.481 e. The van der Waals surface area contributed by atoms with Crippen molar-refractivity contribution < 1.29 is 19.1 Å². The Morgan fingerprint density at radius 3 is 2.08 bits per heavy atom. The van der Waals surface area contributed by atoms with Gasteiger partial charge in [-0.1, -0.05) is 6.92 Å². The predicted octanol–water partition coefficient (Wildman–Crippen LogP) is 2.78. The summed E-state index contributed by atoms with van der Waals surface area (Å²) >= 11 is 0. The maximum atomic E-state index is 12.2. The molecule has 6 heteroatoms. The van der Waals surface area contributed by atoms with Crippen LogP contribution in [0.15, 0.2) is 48.5 Å². The lowest BCUT2D eigenvalue weighted by molar-refractivity contribution is -0.122. The lowest BCUT2D eigenvalue weighted by Crippen LogP contribution is -2.30. The van der Waals surface area contributed by atoms with E-state index in [-0.39, 0.29) is 11.7 Å². The molecule has 0 saturated carbocycles. The summed E-state index contributed by atoms with van der Waals surface area (Å²) < 4.78 is 5.58. The van der Waals surface area contributed by atoms with Gasteiger partial charge >= 0.3 is 0 Å². The quantitative estimate of drug-likeness (QED) is 0.757. The summed E-state index contributed by atoms with van der Waals surface area (Å²) in [5, 5.41) is 2.70. The van der Waals surface area contributed by atoms with Crippen LogP contribution in [0.1, 0.15) is 41.0 Å². The van der Waals surface area contributed by atoms with Crippen molar-refractivity contribution in [1.82, 2.24) is 0 Å². The van der Waals surface area contributed by atoms with Gasteiger partial charge in [0.25, 0.3) is 5.91 Å². The number of nitrogens with two attached hydrogens (primary N) is 1. The maximum Gasteiger partial charge on any atom is 0.265 e. The molecule has 0 unspecified atom stereocenters. The number of carbonyl (C=O) groups is 3. The first kappa shape index (κ1) is 18.2. The van der Waals surface area contributed by atoms with E-state index in [1.165, 1.54) is 12.1 Å². The average Bonchev–Trinajstić information content (AvgIpc) is 2.62. The second-order valence-corrected chi connectivity index (χ2v) is 5.49. The van der Waals surface area contributed by atoms with Gasteiger partial charge in [-0.15, -0.1) is 0 Å². The first-order valence-corrected chi connectivity index (χ1v) is 7.91. The van der Waals surface area contributed by atoms with Crippen LogP contribution in [0, 0.1) is 0 Å². The van der Waals surface area contributed by atoms with Gasteiger partial charge in [0.05, 0.1) is 0 Å². The Labute approximate surface area is 146 Å². The number of hydrogen-bond acceptors (Lipinski definition) is 4. The fraction of sp³-hybridized carbons (Fsp3) is 0.211. The third-order valence-corrected chi connectivity index (χ3v) is 3.62. The molecule has 6 nitrogen and oxygen atoms in total. The molecule has 25 heavy (non-hydrogen) atoms. The molecule has 2 aromatic rings. The van der Waals surface area contributed by atoms with Crippen LogP contribution in [0.4, 0.5) is 5.69 Å². The highest BCUT2D eigenvalue weighted by molar-refractivity contribution is 5.97. The number of nitrogens with one attached hydrogen (secondary N) is 1. The van der Waals surface area contributed by atoms with Gasteiger partial charge in [0.15, 0.2) is 11.9 Å². The van der Waals surface area contributed by atoms with Crippen molar-refractivity contribution in [3.63, 3.8) is 0 Å². The molecule has 0 saturated heterocycles. The molecule has 0 aromatic heterocycles. The third-order valence-electron chi connectivity index (χ3n) is 3.62. The molecule has 2 amide bonds. The number of ether oxygens (including phenoxy) is 1. The van der Waals surface area contributed by atoms with E-state index in [1.54, 1.807) is 50.2 Å². The Bertz CT molecular complexity index is 767. The van der Waals surface area contributed by atoms with Gasteiger partial charge in [-0.2, -0.15) is 0 Å². The largest absolute Gasteiger partial charge is 0.481 e. The average molecular weight is 340 g/mol. The lowest BCUT2D eigenvalue weighted by atomic mass is 10.1. The molecule has 0 aliphatic heterocycles. The van der Waals surface area contributed by atoms with Gasteiger partial charge < -0.3 is 15.8 Å². The zero-order valence-electron chi connectivity index (χ0n) is 14.1. The van der Waals surface area contributed by atoms with Crippen molar-refractivity contribution in [3.05, 3.63) is 59.7 Å². The Balaban J connectivity index is 1.95. The smallest absolute Gasteiger partial charge is 0.265 e. The molecule has 0 spiro atoms. The number of rotatable bonds is 7. The summed E-state index contributed by atoms with van der Waals surface area (Å²) in [5.41, 5.74) is 6.68. The van der Waals surface area contributed by atoms with Gasteiger partial charge in [-0.05, 0) is 55.5 Å². The Hall–Kier alpha value is -3.15. The Morgan fingerprint density at radius 2 is 1.56 bits per heavy atom. The van der Waals surface area contributed by atoms with E-state index in [4.69, 9.17) is 10.5 Å². The number of Topliss-reactive ketones (excluding diaryl/α,β-unsaturated/α-hetero) is 1. The molecule has 0 fully saturated rings. The van der Waals surface area contributed by atoms with Crippen LogP contribution in [0.5, 0.6) is 5.75 Å². The van der Waals surface area contributed by atoms with E-state index < -0.39 is 12.0 Å². The summed E-state index contributed by atoms with van der Waals surface area (Å²) in [6.07, 6.45) is -0.295. The molecule has 0 radical (unpaired) electrons. The molecule has 2 aromatic carbocycles.